The molecule has 4 heteroatoms. The number of amides is 1. The number of fused-ring (bicyclic) bond motifs is 1. The Morgan fingerprint density at radius 3 is 3.36 bits per heavy atom. The lowest BCUT2D eigenvalue weighted by atomic mass is 10.2. The van der Waals surface area contributed by atoms with Crippen molar-refractivity contribution in [2.75, 3.05) is 0 Å². The van der Waals surface area contributed by atoms with E-state index in [4.69, 9.17) is 0 Å². The number of hydrogen-bond donors (Lipinski definition) is 1. The molecular weight excluding hydrogens is 178 g/mol. The van der Waals surface area contributed by atoms with E-state index in [9.17, 15) is 4.79 Å². The second-order valence-corrected chi connectivity index (χ2v) is 3.46. The predicted molar refractivity (Wildman–Crippen MR) is 52.7 cm³/mol. The molecular formula is C10H13N3O. The zero-order valence-corrected chi connectivity index (χ0v) is 8.16. The second kappa shape index (κ2) is 3.29. The highest BCUT2D eigenvalue weighted by Crippen LogP contribution is 2.25. The molecule has 0 aromatic carbocycles. The first-order valence-electron chi connectivity index (χ1n) is 4.67. The first-order chi connectivity index (χ1) is 6.72. The van der Waals surface area contributed by atoms with Gasteiger partial charge in [0.2, 0.25) is 5.91 Å². The number of imidazole rings is 1. The lowest BCUT2D eigenvalue weighted by molar-refractivity contribution is -0.117. The van der Waals surface area contributed by atoms with Gasteiger partial charge in [-0.3, -0.25) is 4.79 Å². The Kier molecular flexibility index (Phi) is 2.11. The average Bonchev–Trinajstić information content (AvgIpc) is 2.72. The fourth-order valence-electron chi connectivity index (χ4n) is 1.80. The molecule has 1 amide bonds. The molecule has 1 N–H and O–H groups in total. The number of nitrogens with zero attached hydrogens (tertiary/aromatic N) is 2. The summed E-state index contributed by atoms with van der Waals surface area (Å²) in [5.74, 6) is 0.821. The van der Waals surface area contributed by atoms with Gasteiger partial charge in [0, 0.05) is 18.4 Å². The Balaban J connectivity index is 2.18. The standard InChI is InChI=1S/C10H13N3O/c1-3-9(14)12-8-4-5-13-7(2)6-11-10(8)13/h3,6,8H,1,4-5H2,2H3,(H,12,14). The third kappa shape index (κ3) is 1.32. The Labute approximate surface area is 82.6 Å². The number of aromatic nitrogens is 2. The van der Waals surface area contributed by atoms with Crippen LogP contribution >= 0.6 is 0 Å². The van der Waals surface area contributed by atoms with Gasteiger partial charge in [0.05, 0.1) is 6.04 Å². The highest BCUT2D eigenvalue weighted by atomic mass is 16.1. The third-order valence-electron chi connectivity index (χ3n) is 2.54. The lowest BCUT2D eigenvalue weighted by Crippen LogP contribution is -2.25. The van der Waals surface area contributed by atoms with Crippen molar-refractivity contribution in [2.45, 2.75) is 25.9 Å². The molecule has 0 fully saturated rings. The van der Waals surface area contributed by atoms with Crippen LogP contribution in [0.3, 0.4) is 0 Å². The van der Waals surface area contributed by atoms with Gasteiger partial charge in [0.1, 0.15) is 5.82 Å². The van der Waals surface area contributed by atoms with Gasteiger partial charge in [0.15, 0.2) is 0 Å². The van der Waals surface area contributed by atoms with Crippen LogP contribution in [0.25, 0.3) is 0 Å². The molecule has 1 aromatic heterocycles. The molecule has 1 unspecified atom stereocenters. The summed E-state index contributed by atoms with van der Waals surface area (Å²) in [6.45, 7) is 6.38. The van der Waals surface area contributed by atoms with Crippen LogP contribution in [0.5, 0.6) is 0 Å². The van der Waals surface area contributed by atoms with E-state index in [1.165, 1.54) is 6.08 Å². The number of carbonyl (C=O) groups excluding carboxylic acids is 1. The van der Waals surface area contributed by atoms with Crippen molar-refractivity contribution in [3.05, 3.63) is 30.4 Å². The molecule has 0 saturated heterocycles. The van der Waals surface area contributed by atoms with Gasteiger partial charge in [0.25, 0.3) is 0 Å². The monoisotopic (exact) mass is 191 g/mol. The molecule has 74 valence electrons. The van der Waals surface area contributed by atoms with Crippen LogP contribution in [0.15, 0.2) is 18.9 Å². The van der Waals surface area contributed by atoms with Crippen LogP contribution in [0.2, 0.25) is 0 Å². The van der Waals surface area contributed by atoms with E-state index < -0.39 is 0 Å². The van der Waals surface area contributed by atoms with E-state index in [2.05, 4.69) is 21.4 Å². The smallest absolute Gasteiger partial charge is 0.243 e. The Hall–Kier alpha value is -1.58. The topological polar surface area (TPSA) is 46.9 Å². The zero-order chi connectivity index (χ0) is 10.1. The normalized spacial score (nSPS) is 19.1. The number of hydrogen-bond acceptors (Lipinski definition) is 2. The highest BCUT2D eigenvalue weighted by Gasteiger charge is 2.25. The predicted octanol–water partition coefficient (Wildman–Crippen LogP) is 0.939. The van der Waals surface area contributed by atoms with Crippen molar-refractivity contribution in [2.24, 2.45) is 0 Å². The summed E-state index contributed by atoms with van der Waals surface area (Å²) in [5.41, 5.74) is 1.15. The molecule has 2 heterocycles. The van der Waals surface area contributed by atoms with Gasteiger partial charge >= 0.3 is 0 Å². The molecule has 0 bridgehead atoms. The molecule has 0 aliphatic carbocycles. The van der Waals surface area contributed by atoms with Gasteiger partial charge in [-0.1, -0.05) is 6.58 Å². The van der Waals surface area contributed by atoms with Crippen LogP contribution in [0, 0.1) is 6.92 Å². The average molecular weight is 191 g/mol. The fraction of sp³-hybridized carbons (Fsp3) is 0.400. The van der Waals surface area contributed by atoms with E-state index in [0.29, 0.717) is 0 Å². The highest BCUT2D eigenvalue weighted by molar-refractivity contribution is 5.87. The van der Waals surface area contributed by atoms with Crippen molar-refractivity contribution >= 4 is 5.91 Å². The molecule has 1 atom stereocenters. The van der Waals surface area contributed by atoms with Gasteiger partial charge in [-0.15, -0.1) is 0 Å². The van der Waals surface area contributed by atoms with E-state index >= 15 is 0 Å². The molecule has 1 aliphatic rings. The Morgan fingerprint density at radius 1 is 1.86 bits per heavy atom. The second-order valence-electron chi connectivity index (χ2n) is 3.46. The molecule has 1 aliphatic heterocycles. The molecule has 0 saturated carbocycles. The number of nitrogens with one attached hydrogen (secondary N) is 1. The summed E-state index contributed by atoms with van der Waals surface area (Å²) in [6.07, 6.45) is 4.05. The minimum absolute atomic E-state index is 0.0502. The third-order valence-corrected chi connectivity index (χ3v) is 2.54. The van der Waals surface area contributed by atoms with Crippen LogP contribution < -0.4 is 5.32 Å². The summed E-state index contributed by atoms with van der Waals surface area (Å²) in [6, 6.07) is 0.0502. The maximum Gasteiger partial charge on any atom is 0.243 e. The van der Waals surface area contributed by atoms with Crippen LogP contribution in [-0.4, -0.2) is 15.5 Å². The summed E-state index contributed by atoms with van der Waals surface area (Å²) in [7, 11) is 0. The SMILES string of the molecule is C=CC(=O)NC1CCn2c(C)cnc21. The van der Waals surface area contributed by atoms with Crippen molar-refractivity contribution in [1.82, 2.24) is 14.9 Å². The van der Waals surface area contributed by atoms with E-state index in [1.54, 1.807) is 0 Å². The first-order valence-corrected chi connectivity index (χ1v) is 4.67. The number of aryl methyl sites for hydroxylation is 1. The van der Waals surface area contributed by atoms with Crippen molar-refractivity contribution in [3.63, 3.8) is 0 Å². The van der Waals surface area contributed by atoms with Crippen LogP contribution in [-0.2, 0) is 11.3 Å². The summed E-state index contributed by atoms with van der Waals surface area (Å²) < 4.78 is 2.13. The lowest BCUT2D eigenvalue weighted by Gasteiger charge is -2.08. The van der Waals surface area contributed by atoms with Crippen molar-refractivity contribution < 1.29 is 4.79 Å². The van der Waals surface area contributed by atoms with Gasteiger partial charge in [-0.2, -0.15) is 0 Å². The first kappa shape index (κ1) is 8.99. The van der Waals surface area contributed by atoms with E-state index in [1.807, 2.05) is 13.1 Å². The fourth-order valence-corrected chi connectivity index (χ4v) is 1.80. The molecule has 0 radical (unpaired) electrons. The minimum atomic E-state index is -0.135. The summed E-state index contributed by atoms with van der Waals surface area (Å²) in [5, 5.41) is 2.86. The number of carbonyl (C=O) groups is 1. The molecule has 1 aromatic rings. The Morgan fingerprint density at radius 2 is 2.64 bits per heavy atom. The number of rotatable bonds is 2. The van der Waals surface area contributed by atoms with E-state index in [-0.39, 0.29) is 11.9 Å². The maximum absolute atomic E-state index is 11.1. The molecule has 0 spiro atoms. The molecule has 14 heavy (non-hydrogen) atoms. The molecule has 2 rings (SSSR count). The maximum atomic E-state index is 11.1. The van der Waals surface area contributed by atoms with Crippen LogP contribution in [0.4, 0.5) is 0 Å². The van der Waals surface area contributed by atoms with Crippen molar-refractivity contribution in [1.29, 1.82) is 0 Å². The van der Waals surface area contributed by atoms with Gasteiger partial charge in [-0.05, 0) is 19.4 Å². The van der Waals surface area contributed by atoms with Gasteiger partial charge in [-0.25, -0.2) is 4.98 Å². The Bertz CT molecular complexity index is 381. The molecule has 4 nitrogen and oxygen atoms in total. The summed E-state index contributed by atoms with van der Waals surface area (Å²) >= 11 is 0. The summed E-state index contributed by atoms with van der Waals surface area (Å²) in [4.78, 5) is 15.4. The zero-order valence-electron chi connectivity index (χ0n) is 8.16. The van der Waals surface area contributed by atoms with Crippen molar-refractivity contribution in [3.8, 4) is 0 Å². The van der Waals surface area contributed by atoms with E-state index in [0.717, 1.165) is 24.5 Å². The van der Waals surface area contributed by atoms with Gasteiger partial charge < -0.3 is 9.88 Å². The minimum Gasteiger partial charge on any atom is -0.343 e. The van der Waals surface area contributed by atoms with Crippen LogP contribution in [0.1, 0.15) is 24.0 Å². The largest absolute Gasteiger partial charge is 0.343 e. The quantitative estimate of drug-likeness (QED) is 0.707.